The van der Waals surface area contributed by atoms with Gasteiger partial charge in [-0.25, -0.2) is 0 Å². The zero-order chi connectivity index (χ0) is 14.3. The van der Waals surface area contributed by atoms with Crippen molar-refractivity contribution in [2.75, 3.05) is 27.2 Å². The lowest BCUT2D eigenvalue weighted by atomic mass is 10.0. The number of aliphatic hydroxyl groups excluding tert-OH is 1. The molecule has 106 valence electrons. The summed E-state index contributed by atoms with van der Waals surface area (Å²) in [6.45, 7) is 2.81. The molecule has 0 aliphatic heterocycles. The van der Waals surface area contributed by atoms with Gasteiger partial charge in [0.25, 0.3) is 0 Å². The summed E-state index contributed by atoms with van der Waals surface area (Å²) in [6.07, 6.45) is 1.52. The molecule has 1 aromatic carbocycles. The van der Waals surface area contributed by atoms with Gasteiger partial charge < -0.3 is 10.4 Å². The molecule has 19 heavy (non-hydrogen) atoms. The minimum atomic E-state index is -0.269. The molecule has 4 nitrogen and oxygen atoms in total. The number of nitrogens with zero attached hydrogens (tertiary/aromatic N) is 1. The van der Waals surface area contributed by atoms with Gasteiger partial charge in [0, 0.05) is 13.2 Å². The van der Waals surface area contributed by atoms with Crippen molar-refractivity contribution in [3.63, 3.8) is 0 Å². The number of carbonyl (C=O) groups excluding carboxylic acids is 1. The number of hydrogen-bond donors (Lipinski definition) is 2. The van der Waals surface area contributed by atoms with Crippen molar-refractivity contribution < 1.29 is 9.90 Å². The molecule has 1 atom stereocenters. The molecule has 0 saturated heterocycles. The quantitative estimate of drug-likeness (QED) is 0.734. The van der Waals surface area contributed by atoms with E-state index in [9.17, 15) is 4.79 Å². The van der Waals surface area contributed by atoms with Crippen LogP contribution in [0.3, 0.4) is 0 Å². The molecule has 0 unspecified atom stereocenters. The van der Waals surface area contributed by atoms with Crippen LogP contribution in [0.15, 0.2) is 24.3 Å². The second-order valence-electron chi connectivity index (χ2n) is 5.00. The molecule has 0 aliphatic rings. The number of hydrogen-bond acceptors (Lipinski definition) is 3. The molecule has 0 heterocycles. The number of nitrogens with one attached hydrogen (secondary N) is 1. The maximum Gasteiger partial charge on any atom is 0.241 e. The van der Waals surface area contributed by atoms with E-state index in [4.69, 9.17) is 5.11 Å². The zero-order valence-electron chi connectivity index (χ0n) is 12.0. The molecule has 0 bridgehead atoms. The summed E-state index contributed by atoms with van der Waals surface area (Å²) in [4.78, 5) is 14.1. The molecule has 0 aliphatic carbocycles. The molecule has 1 amide bonds. The number of carbonyl (C=O) groups is 1. The number of amides is 1. The predicted molar refractivity (Wildman–Crippen MR) is 76.9 cm³/mol. The Kier molecular flexibility index (Phi) is 6.53. The summed E-state index contributed by atoms with van der Waals surface area (Å²) in [5, 5.41) is 11.6. The first-order valence-electron chi connectivity index (χ1n) is 6.68. The Labute approximate surface area is 115 Å². The van der Waals surface area contributed by atoms with E-state index in [2.05, 4.69) is 5.32 Å². The smallest absolute Gasteiger partial charge is 0.241 e. The lowest BCUT2D eigenvalue weighted by molar-refractivity contribution is -0.125. The zero-order valence-corrected chi connectivity index (χ0v) is 12.0. The third-order valence-corrected chi connectivity index (χ3v) is 3.04. The van der Waals surface area contributed by atoms with Gasteiger partial charge >= 0.3 is 0 Å². The van der Waals surface area contributed by atoms with Crippen LogP contribution in [-0.4, -0.2) is 43.2 Å². The molecular weight excluding hydrogens is 240 g/mol. The third kappa shape index (κ3) is 5.01. The van der Waals surface area contributed by atoms with Gasteiger partial charge in [-0.05, 0) is 39.4 Å². The molecule has 0 fully saturated rings. The molecule has 0 radical (unpaired) electrons. The highest BCUT2D eigenvalue weighted by Crippen LogP contribution is 2.18. The molecule has 4 heteroatoms. The number of rotatable bonds is 7. The van der Waals surface area contributed by atoms with E-state index in [0.29, 0.717) is 6.54 Å². The SMILES string of the molecule is Cc1ccc([C@H](C(=O)NCCCCO)N(C)C)cc1. The van der Waals surface area contributed by atoms with Gasteiger partial charge in [-0.15, -0.1) is 0 Å². The lowest BCUT2D eigenvalue weighted by Crippen LogP contribution is -2.37. The molecule has 0 spiro atoms. The number of aliphatic hydroxyl groups is 1. The van der Waals surface area contributed by atoms with Crippen molar-refractivity contribution in [1.29, 1.82) is 0 Å². The van der Waals surface area contributed by atoms with E-state index < -0.39 is 0 Å². The Morgan fingerprint density at radius 3 is 2.42 bits per heavy atom. The Hall–Kier alpha value is -1.39. The third-order valence-electron chi connectivity index (χ3n) is 3.04. The molecule has 0 saturated carbocycles. The summed E-state index contributed by atoms with van der Waals surface area (Å²) in [7, 11) is 3.80. The number of benzene rings is 1. The molecule has 1 rings (SSSR count). The van der Waals surface area contributed by atoms with E-state index in [1.807, 2.05) is 50.2 Å². The Bertz CT molecular complexity index is 388. The molecular formula is C15H24N2O2. The summed E-state index contributed by atoms with van der Waals surface area (Å²) in [6, 6.07) is 7.76. The highest BCUT2D eigenvalue weighted by molar-refractivity contribution is 5.83. The largest absolute Gasteiger partial charge is 0.396 e. The lowest BCUT2D eigenvalue weighted by Gasteiger charge is -2.24. The van der Waals surface area contributed by atoms with Gasteiger partial charge in [0.05, 0.1) is 0 Å². The van der Waals surface area contributed by atoms with Gasteiger partial charge in [-0.3, -0.25) is 9.69 Å². The van der Waals surface area contributed by atoms with E-state index in [1.54, 1.807) is 0 Å². The summed E-state index contributed by atoms with van der Waals surface area (Å²) >= 11 is 0. The van der Waals surface area contributed by atoms with Crippen molar-refractivity contribution in [2.45, 2.75) is 25.8 Å². The van der Waals surface area contributed by atoms with Gasteiger partial charge in [0.15, 0.2) is 0 Å². The monoisotopic (exact) mass is 264 g/mol. The van der Waals surface area contributed by atoms with Crippen LogP contribution in [-0.2, 0) is 4.79 Å². The molecule has 2 N–H and O–H groups in total. The average molecular weight is 264 g/mol. The van der Waals surface area contributed by atoms with Crippen LogP contribution in [0.4, 0.5) is 0 Å². The topological polar surface area (TPSA) is 52.6 Å². The first-order valence-corrected chi connectivity index (χ1v) is 6.68. The van der Waals surface area contributed by atoms with Crippen molar-refractivity contribution >= 4 is 5.91 Å². The van der Waals surface area contributed by atoms with Crippen molar-refractivity contribution in [1.82, 2.24) is 10.2 Å². The fourth-order valence-corrected chi connectivity index (χ4v) is 1.98. The van der Waals surface area contributed by atoms with Gasteiger partial charge in [-0.1, -0.05) is 29.8 Å². The standard InChI is InChI=1S/C15H24N2O2/c1-12-6-8-13(9-7-12)14(17(2)3)15(19)16-10-4-5-11-18/h6-9,14,18H,4-5,10-11H2,1-3H3,(H,16,19)/t14-/m1/s1. The summed E-state index contributed by atoms with van der Waals surface area (Å²) < 4.78 is 0. The first kappa shape index (κ1) is 15.7. The normalized spacial score (nSPS) is 12.5. The van der Waals surface area contributed by atoms with Crippen LogP contribution in [0.25, 0.3) is 0 Å². The predicted octanol–water partition coefficient (Wildman–Crippen LogP) is 1.49. The minimum Gasteiger partial charge on any atom is -0.396 e. The summed E-state index contributed by atoms with van der Waals surface area (Å²) in [5.41, 5.74) is 2.18. The number of unbranched alkanes of at least 4 members (excludes halogenated alkanes) is 1. The summed E-state index contributed by atoms with van der Waals surface area (Å²) in [5.74, 6) is 0.00629. The van der Waals surface area contributed by atoms with Crippen LogP contribution >= 0.6 is 0 Å². The van der Waals surface area contributed by atoms with E-state index in [1.165, 1.54) is 5.56 Å². The van der Waals surface area contributed by atoms with Crippen LogP contribution in [0, 0.1) is 6.92 Å². The van der Waals surface area contributed by atoms with Crippen molar-refractivity contribution in [3.8, 4) is 0 Å². The highest BCUT2D eigenvalue weighted by Gasteiger charge is 2.22. The van der Waals surface area contributed by atoms with Crippen LogP contribution < -0.4 is 5.32 Å². The van der Waals surface area contributed by atoms with Gasteiger partial charge in [0.1, 0.15) is 6.04 Å². The number of likely N-dealkylation sites (N-methyl/N-ethyl adjacent to an activating group) is 1. The van der Waals surface area contributed by atoms with Crippen LogP contribution in [0.1, 0.15) is 30.0 Å². The van der Waals surface area contributed by atoms with Crippen LogP contribution in [0.2, 0.25) is 0 Å². The Balaban J connectivity index is 2.66. The van der Waals surface area contributed by atoms with Crippen molar-refractivity contribution in [3.05, 3.63) is 35.4 Å². The number of aryl methyl sites for hydroxylation is 1. The Morgan fingerprint density at radius 2 is 1.89 bits per heavy atom. The molecule has 0 aromatic heterocycles. The Morgan fingerprint density at radius 1 is 1.26 bits per heavy atom. The fourth-order valence-electron chi connectivity index (χ4n) is 1.98. The maximum absolute atomic E-state index is 12.2. The first-order chi connectivity index (χ1) is 9.06. The van der Waals surface area contributed by atoms with Gasteiger partial charge in [-0.2, -0.15) is 0 Å². The van der Waals surface area contributed by atoms with Gasteiger partial charge in [0.2, 0.25) is 5.91 Å². The van der Waals surface area contributed by atoms with Crippen molar-refractivity contribution in [2.24, 2.45) is 0 Å². The highest BCUT2D eigenvalue weighted by atomic mass is 16.2. The maximum atomic E-state index is 12.2. The van der Waals surface area contributed by atoms with E-state index in [0.717, 1.165) is 18.4 Å². The van der Waals surface area contributed by atoms with E-state index >= 15 is 0 Å². The minimum absolute atomic E-state index is 0.00629. The second-order valence-corrected chi connectivity index (χ2v) is 5.00. The fraction of sp³-hybridized carbons (Fsp3) is 0.533. The van der Waals surface area contributed by atoms with E-state index in [-0.39, 0.29) is 18.6 Å². The molecule has 1 aromatic rings. The average Bonchev–Trinajstić information content (AvgIpc) is 2.37. The van der Waals surface area contributed by atoms with Crippen LogP contribution in [0.5, 0.6) is 0 Å². The second kappa shape index (κ2) is 7.92.